The standard InChI is InChI=1S/C27H38N4O5S/c1-18(2)31-25-7-4-3-6-20(25)14-24(27(31)34)26(33)28-15-19-12-21-8-9-22(13-19)30(21)17-23(32)16-29-10-5-11-37(29,35)36/h3-4,6-7,14,18-19,21-23,32H,5,8-13,15-17H2,1-2H3,(H,28,33)/t19?,21-,22+,23?. The van der Waals surface area contributed by atoms with Gasteiger partial charge in [-0.15, -0.1) is 0 Å². The Morgan fingerprint density at radius 1 is 1.14 bits per heavy atom. The summed E-state index contributed by atoms with van der Waals surface area (Å²) in [6.07, 6.45) is 3.85. The van der Waals surface area contributed by atoms with E-state index >= 15 is 0 Å². The van der Waals surface area contributed by atoms with Crippen LogP contribution in [0.1, 0.15) is 62.4 Å². The van der Waals surface area contributed by atoms with Crippen molar-refractivity contribution in [2.24, 2.45) is 5.92 Å². The minimum absolute atomic E-state index is 0.0639. The van der Waals surface area contributed by atoms with Crippen molar-refractivity contribution in [3.63, 3.8) is 0 Å². The van der Waals surface area contributed by atoms with Crippen LogP contribution < -0.4 is 10.9 Å². The van der Waals surface area contributed by atoms with E-state index in [0.29, 0.717) is 44.1 Å². The second kappa shape index (κ2) is 10.5. The van der Waals surface area contributed by atoms with Crippen LogP contribution in [-0.4, -0.2) is 83.3 Å². The van der Waals surface area contributed by atoms with Gasteiger partial charge in [-0.3, -0.25) is 14.5 Å². The molecule has 202 valence electrons. The number of aliphatic hydroxyl groups excluding tert-OH is 1. The molecule has 4 heterocycles. The molecule has 1 amide bonds. The van der Waals surface area contributed by atoms with E-state index in [9.17, 15) is 23.1 Å². The molecule has 3 aliphatic heterocycles. The summed E-state index contributed by atoms with van der Waals surface area (Å²) in [4.78, 5) is 28.6. The first-order valence-corrected chi connectivity index (χ1v) is 15.1. The third-order valence-electron chi connectivity index (χ3n) is 8.28. The van der Waals surface area contributed by atoms with Crippen molar-refractivity contribution in [3.05, 3.63) is 46.2 Å². The number of carbonyl (C=O) groups excluding carboxylic acids is 1. The summed E-state index contributed by atoms with van der Waals surface area (Å²) in [5, 5.41) is 14.5. The lowest BCUT2D eigenvalue weighted by atomic mass is 9.90. The molecule has 2 unspecified atom stereocenters. The van der Waals surface area contributed by atoms with Gasteiger partial charge in [0.2, 0.25) is 10.0 Å². The summed E-state index contributed by atoms with van der Waals surface area (Å²) < 4.78 is 27.3. The molecule has 2 N–H and O–H groups in total. The lowest BCUT2D eigenvalue weighted by Gasteiger charge is -2.40. The van der Waals surface area contributed by atoms with Crippen LogP contribution in [0.25, 0.3) is 10.9 Å². The Labute approximate surface area is 218 Å². The third kappa shape index (κ3) is 5.34. The van der Waals surface area contributed by atoms with Gasteiger partial charge in [-0.05, 0) is 69.4 Å². The van der Waals surface area contributed by atoms with Crippen LogP contribution in [0.15, 0.2) is 35.1 Å². The molecule has 2 bridgehead atoms. The number of pyridine rings is 1. The number of para-hydroxylation sites is 1. The number of nitrogens with zero attached hydrogens (tertiary/aromatic N) is 3. The maximum Gasteiger partial charge on any atom is 0.264 e. The molecule has 0 saturated carbocycles. The average molecular weight is 531 g/mol. The van der Waals surface area contributed by atoms with Crippen molar-refractivity contribution < 1.29 is 18.3 Å². The van der Waals surface area contributed by atoms with Gasteiger partial charge in [-0.1, -0.05) is 18.2 Å². The number of β-amino-alcohol motifs (C(OH)–C–C–N with tert-alkyl or cyclic N) is 1. The van der Waals surface area contributed by atoms with E-state index in [1.807, 2.05) is 38.1 Å². The summed E-state index contributed by atoms with van der Waals surface area (Å²) in [5.41, 5.74) is 0.732. The van der Waals surface area contributed by atoms with E-state index in [4.69, 9.17) is 0 Å². The van der Waals surface area contributed by atoms with Gasteiger partial charge < -0.3 is 15.0 Å². The molecule has 0 radical (unpaired) electrons. The van der Waals surface area contributed by atoms with E-state index in [1.54, 1.807) is 10.6 Å². The van der Waals surface area contributed by atoms with Crippen LogP contribution in [0.2, 0.25) is 0 Å². The summed E-state index contributed by atoms with van der Waals surface area (Å²) >= 11 is 0. The number of rotatable bonds is 8. The number of benzene rings is 1. The molecule has 0 spiro atoms. The van der Waals surface area contributed by atoms with Crippen LogP contribution in [0.5, 0.6) is 0 Å². The first kappa shape index (κ1) is 26.3. The van der Waals surface area contributed by atoms with Crippen LogP contribution >= 0.6 is 0 Å². The lowest BCUT2D eigenvalue weighted by Crippen LogP contribution is -2.50. The molecular formula is C27H38N4O5S. The minimum Gasteiger partial charge on any atom is -0.390 e. The molecule has 4 atom stereocenters. The van der Waals surface area contributed by atoms with Crippen LogP contribution in [0.3, 0.4) is 0 Å². The van der Waals surface area contributed by atoms with Gasteiger partial charge in [0, 0.05) is 44.3 Å². The average Bonchev–Trinajstić information content (AvgIpc) is 3.28. The van der Waals surface area contributed by atoms with Crippen molar-refractivity contribution in [1.29, 1.82) is 0 Å². The van der Waals surface area contributed by atoms with Gasteiger partial charge in [0.05, 0.1) is 17.4 Å². The van der Waals surface area contributed by atoms with E-state index in [0.717, 1.165) is 36.6 Å². The van der Waals surface area contributed by atoms with Gasteiger partial charge in [-0.25, -0.2) is 8.42 Å². The van der Waals surface area contributed by atoms with E-state index in [-0.39, 0.29) is 35.4 Å². The number of amides is 1. The number of sulfonamides is 1. The number of fused-ring (bicyclic) bond motifs is 3. The van der Waals surface area contributed by atoms with Crippen molar-refractivity contribution >= 4 is 26.8 Å². The highest BCUT2D eigenvalue weighted by Crippen LogP contribution is 2.38. The predicted octanol–water partition coefficient (Wildman–Crippen LogP) is 1.95. The fourth-order valence-corrected chi connectivity index (χ4v) is 8.14. The number of aromatic nitrogens is 1. The Morgan fingerprint density at radius 3 is 2.49 bits per heavy atom. The number of aliphatic hydroxyl groups is 1. The normalized spacial score (nSPS) is 26.6. The summed E-state index contributed by atoms with van der Waals surface area (Å²) in [6.45, 7) is 5.54. The van der Waals surface area contributed by atoms with Gasteiger partial charge in [-0.2, -0.15) is 4.31 Å². The molecule has 9 nitrogen and oxygen atoms in total. The van der Waals surface area contributed by atoms with Crippen LogP contribution in [0, 0.1) is 5.92 Å². The van der Waals surface area contributed by atoms with E-state index < -0.39 is 16.1 Å². The zero-order chi connectivity index (χ0) is 26.3. The Hall–Kier alpha value is -2.27. The van der Waals surface area contributed by atoms with Crippen molar-refractivity contribution in [3.8, 4) is 0 Å². The highest BCUT2D eigenvalue weighted by atomic mass is 32.2. The second-order valence-corrected chi connectivity index (χ2v) is 13.3. The van der Waals surface area contributed by atoms with Gasteiger partial charge in [0.15, 0.2) is 0 Å². The molecule has 37 heavy (non-hydrogen) atoms. The predicted molar refractivity (Wildman–Crippen MR) is 143 cm³/mol. The highest BCUT2D eigenvalue weighted by Gasteiger charge is 2.42. The smallest absolute Gasteiger partial charge is 0.264 e. The minimum atomic E-state index is -3.21. The SMILES string of the molecule is CC(C)n1c(=O)c(C(=O)NCC2C[C@H]3CC[C@@H](C2)N3CC(O)CN2CCCS2(=O)=O)cc2ccccc21. The lowest BCUT2D eigenvalue weighted by molar-refractivity contribution is 0.0383. The van der Waals surface area contributed by atoms with Gasteiger partial charge in [0.1, 0.15) is 5.56 Å². The Bertz CT molecular complexity index is 1310. The molecule has 1 aromatic carbocycles. The number of hydrogen-bond donors (Lipinski definition) is 2. The number of nitrogens with one attached hydrogen (secondary N) is 1. The Balaban J connectivity index is 1.20. The van der Waals surface area contributed by atoms with Gasteiger partial charge in [0.25, 0.3) is 11.5 Å². The molecule has 2 aromatic rings. The quantitative estimate of drug-likeness (QED) is 0.540. The summed E-state index contributed by atoms with van der Waals surface area (Å²) in [7, 11) is -3.21. The van der Waals surface area contributed by atoms with E-state index in [1.165, 1.54) is 4.31 Å². The topological polar surface area (TPSA) is 112 Å². The van der Waals surface area contributed by atoms with Crippen molar-refractivity contribution in [2.45, 2.75) is 70.2 Å². The first-order valence-electron chi connectivity index (χ1n) is 13.5. The Morgan fingerprint density at radius 2 is 1.84 bits per heavy atom. The number of hydrogen-bond acceptors (Lipinski definition) is 6. The third-order valence-corrected chi connectivity index (χ3v) is 10.2. The number of piperidine rings is 1. The second-order valence-electron chi connectivity index (χ2n) is 11.2. The molecule has 3 fully saturated rings. The van der Waals surface area contributed by atoms with Crippen LogP contribution in [-0.2, 0) is 10.0 Å². The first-order chi connectivity index (χ1) is 17.6. The fourth-order valence-electron chi connectivity index (χ4n) is 6.58. The fraction of sp³-hybridized carbons (Fsp3) is 0.630. The zero-order valence-electron chi connectivity index (χ0n) is 21.7. The zero-order valence-corrected chi connectivity index (χ0v) is 22.5. The van der Waals surface area contributed by atoms with Crippen LogP contribution in [0.4, 0.5) is 0 Å². The summed E-state index contributed by atoms with van der Waals surface area (Å²) in [5.74, 6) is 0.149. The molecule has 3 aliphatic rings. The molecular weight excluding hydrogens is 492 g/mol. The summed E-state index contributed by atoms with van der Waals surface area (Å²) in [6, 6.07) is 9.91. The monoisotopic (exact) mass is 530 g/mol. The molecule has 10 heteroatoms. The maximum atomic E-state index is 13.2. The molecule has 1 aromatic heterocycles. The molecule has 5 rings (SSSR count). The van der Waals surface area contributed by atoms with E-state index in [2.05, 4.69) is 10.2 Å². The molecule has 3 saturated heterocycles. The highest BCUT2D eigenvalue weighted by molar-refractivity contribution is 7.89. The largest absolute Gasteiger partial charge is 0.390 e. The Kier molecular flexibility index (Phi) is 7.46. The molecule has 0 aliphatic carbocycles. The number of carbonyl (C=O) groups is 1. The van der Waals surface area contributed by atoms with Crippen molar-refractivity contribution in [1.82, 2.24) is 19.1 Å². The van der Waals surface area contributed by atoms with Gasteiger partial charge >= 0.3 is 0 Å². The maximum absolute atomic E-state index is 13.2. The van der Waals surface area contributed by atoms with Crippen molar-refractivity contribution in [2.75, 3.05) is 31.9 Å².